The lowest BCUT2D eigenvalue weighted by atomic mass is 10.5. The predicted molar refractivity (Wildman–Crippen MR) is 58.0 cm³/mol. The van der Waals surface area contributed by atoms with E-state index in [1.54, 1.807) is 13.8 Å². The van der Waals surface area contributed by atoms with Gasteiger partial charge in [-0.15, -0.1) is 5.10 Å². The van der Waals surface area contributed by atoms with E-state index in [4.69, 9.17) is 5.11 Å². The number of amidine groups is 1. The van der Waals surface area contributed by atoms with Crippen LogP contribution in [-0.4, -0.2) is 45.1 Å². The maximum absolute atomic E-state index is 11.3. The smallest absolute Gasteiger partial charge is 0.323 e. The number of carboxylic acids is 1. The lowest BCUT2D eigenvalue weighted by Crippen LogP contribution is -2.34. The summed E-state index contributed by atoms with van der Waals surface area (Å²) in [5.41, 5.74) is 0.748. The van der Waals surface area contributed by atoms with Crippen molar-refractivity contribution in [2.45, 2.75) is 13.8 Å². The molecule has 0 aromatic rings. The average Bonchev–Trinajstić information content (AvgIpc) is 2.44. The van der Waals surface area contributed by atoms with Gasteiger partial charge in [-0.2, -0.15) is 5.10 Å². The Morgan fingerprint density at radius 3 is 2.80 bits per heavy atom. The van der Waals surface area contributed by atoms with Crippen LogP contribution in [0.1, 0.15) is 13.8 Å². The molecule has 6 nitrogen and oxygen atoms in total. The molecule has 0 spiro atoms. The van der Waals surface area contributed by atoms with Crippen molar-refractivity contribution in [1.29, 1.82) is 0 Å². The van der Waals surface area contributed by atoms with Gasteiger partial charge < -0.3 is 5.11 Å². The number of amides is 1. The molecule has 0 bridgehead atoms. The van der Waals surface area contributed by atoms with E-state index in [0.29, 0.717) is 5.17 Å². The fourth-order valence-electron chi connectivity index (χ4n) is 0.905. The summed E-state index contributed by atoms with van der Waals surface area (Å²) in [7, 11) is 0. The van der Waals surface area contributed by atoms with Crippen LogP contribution in [0.3, 0.4) is 0 Å². The largest absolute Gasteiger partial charge is 0.480 e. The third kappa shape index (κ3) is 3.35. The van der Waals surface area contributed by atoms with E-state index in [0.717, 1.165) is 10.6 Å². The van der Waals surface area contributed by atoms with Crippen molar-refractivity contribution in [3.8, 4) is 0 Å². The third-order valence-corrected chi connectivity index (χ3v) is 2.44. The summed E-state index contributed by atoms with van der Waals surface area (Å²) >= 11 is 1.20. The Labute approximate surface area is 91.0 Å². The van der Waals surface area contributed by atoms with Crippen LogP contribution < -0.4 is 0 Å². The van der Waals surface area contributed by atoms with Crippen molar-refractivity contribution < 1.29 is 14.7 Å². The molecule has 1 rings (SSSR count). The normalized spacial score (nSPS) is 18.4. The quantitative estimate of drug-likeness (QED) is 0.561. The molecule has 82 valence electrons. The average molecular weight is 229 g/mol. The summed E-state index contributed by atoms with van der Waals surface area (Å²) < 4.78 is 0. The van der Waals surface area contributed by atoms with Gasteiger partial charge in [0.25, 0.3) is 0 Å². The molecule has 1 fully saturated rings. The molecule has 0 aromatic heterocycles. The summed E-state index contributed by atoms with van der Waals surface area (Å²) in [6, 6.07) is 0. The molecule has 0 aromatic carbocycles. The van der Waals surface area contributed by atoms with E-state index in [1.807, 2.05) is 0 Å². The number of carbonyl (C=O) groups excluding carboxylic acids is 1. The highest BCUT2D eigenvalue weighted by Gasteiger charge is 2.29. The second kappa shape index (κ2) is 4.92. The first-order valence-corrected chi connectivity index (χ1v) is 5.23. The minimum absolute atomic E-state index is 0.227. The van der Waals surface area contributed by atoms with E-state index >= 15 is 0 Å². The standard InChI is InChI=1S/C8H11N3O3S/c1-5(2)9-10-8-11(3-7(13)14)6(12)4-15-8/h3-4H2,1-2H3,(H,13,14). The minimum atomic E-state index is -1.06. The van der Waals surface area contributed by atoms with Crippen LogP contribution in [0.5, 0.6) is 0 Å². The van der Waals surface area contributed by atoms with E-state index < -0.39 is 5.97 Å². The second-order valence-corrected chi connectivity index (χ2v) is 4.03. The van der Waals surface area contributed by atoms with Gasteiger partial charge in [0, 0.05) is 5.71 Å². The van der Waals surface area contributed by atoms with Crippen LogP contribution in [0.25, 0.3) is 0 Å². The Morgan fingerprint density at radius 2 is 2.27 bits per heavy atom. The number of carboxylic acid groups (broad SMARTS) is 1. The predicted octanol–water partition coefficient (Wildman–Crippen LogP) is 0.398. The fraction of sp³-hybridized carbons (Fsp3) is 0.500. The zero-order valence-corrected chi connectivity index (χ0v) is 9.24. The molecule has 1 saturated heterocycles. The maximum atomic E-state index is 11.3. The molecule has 0 radical (unpaired) electrons. The summed E-state index contributed by atoms with van der Waals surface area (Å²) in [5.74, 6) is -1.08. The van der Waals surface area contributed by atoms with Crippen molar-refractivity contribution in [2.75, 3.05) is 12.3 Å². The Bertz CT molecular complexity index is 347. The summed E-state index contributed by atoms with van der Waals surface area (Å²) in [6.07, 6.45) is 0. The highest BCUT2D eigenvalue weighted by Crippen LogP contribution is 2.19. The van der Waals surface area contributed by atoms with Gasteiger partial charge in [-0.1, -0.05) is 11.8 Å². The fourth-order valence-corrected chi connectivity index (χ4v) is 1.73. The molecular weight excluding hydrogens is 218 g/mol. The highest BCUT2D eigenvalue weighted by molar-refractivity contribution is 8.15. The van der Waals surface area contributed by atoms with Gasteiger partial charge in [0.2, 0.25) is 5.91 Å². The van der Waals surface area contributed by atoms with Crippen LogP contribution in [0.2, 0.25) is 0 Å². The summed E-state index contributed by atoms with van der Waals surface area (Å²) in [5, 5.41) is 16.6. The number of hydrogen-bond acceptors (Lipinski definition) is 5. The van der Waals surface area contributed by atoms with Crippen LogP contribution in [-0.2, 0) is 9.59 Å². The molecule has 15 heavy (non-hydrogen) atoms. The Morgan fingerprint density at radius 1 is 1.60 bits per heavy atom. The summed E-state index contributed by atoms with van der Waals surface area (Å²) in [6.45, 7) is 3.18. The molecule has 0 atom stereocenters. The number of aliphatic carboxylic acids is 1. The van der Waals surface area contributed by atoms with Gasteiger partial charge in [-0.05, 0) is 13.8 Å². The van der Waals surface area contributed by atoms with Crippen LogP contribution in [0.4, 0.5) is 0 Å². The molecule has 0 saturated carbocycles. The molecule has 1 amide bonds. The number of rotatable bonds is 3. The van der Waals surface area contributed by atoms with Crippen molar-refractivity contribution in [2.24, 2.45) is 10.2 Å². The number of thioether (sulfide) groups is 1. The Kier molecular flexibility index (Phi) is 3.84. The van der Waals surface area contributed by atoms with Crippen molar-refractivity contribution in [1.82, 2.24) is 4.90 Å². The first-order valence-electron chi connectivity index (χ1n) is 4.24. The maximum Gasteiger partial charge on any atom is 0.323 e. The van der Waals surface area contributed by atoms with Gasteiger partial charge in [0.15, 0.2) is 5.17 Å². The van der Waals surface area contributed by atoms with Crippen LogP contribution >= 0.6 is 11.8 Å². The van der Waals surface area contributed by atoms with Crippen LogP contribution in [0.15, 0.2) is 10.2 Å². The summed E-state index contributed by atoms with van der Waals surface area (Å²) in [4.78, 5) is 22.9. The van der Waals surface area contributed by atoms with Gasteiger partial charge in [0.05, 0.1) is 5.75 Å². The van der Waals surface area contributed by atoms with Crippen molar-refractivity contribution >= 4 is 34.5 Å². The number of carbonyl (C=O) groups is 2. The van der Waals surface area contributed by atoms with Gasteiger partial charge >= 0.3 is 5.97 Å². The molecule has 0 unspecified atom stereocenters. The molecule has 1 N–H and O–H groups in total. The number of nitrogens with zero attached hydrogens (tertiary/aromatic N) is 3. The molecule has 7 heteroatoms. The monoisotopic (exact) mass is 229 g/mol. The van der Waals surface area contributed by atoms with Gasteiger partial charge in [0.1, 0.15) is 6.54 Å². The van der Waals surface area contributed by atoms with Gasteiger partial charge in [-0.3, -0.25) is 14.5 Å². The Balaban J connectivity index is 2.80. The molecular formula is C8H11N3O3S. The first-order chi connectivity index (χ1) is 7.00. The minimum Gasteiger partial charge on any atom is -0.480 e. The van der Waals surface area contributed by atoms with Gasteiger partial charge in [-0.25, -0.2) is 0 Å². The lowest BCUT2D eigenvalue weighted by molar-refractivity contribution is -0.140. The Hall–Kier alpha value is -1.37. The van der Waals surface area contributed by atoms with E-state index in [-0.39, 0.29) is 18.2 Å². The SMILES string of the molecule is CC(C)=NN=C1SCC(=O)N1CC(=O)O. The van der Waals surface area contributed by atoms with E-state index in [2.05, 4.69) is 10.2 Å². The molecule has 1 aliphatic heterocycles. The van der Waals surface area contributed by atoms with E-state index in [1.165, 1.54) is 11.8 Å². The molecule has 0 aliphatic carbocycles. The van der Waals surface area contributed by atoms with Crippen molar-refractivity contribution in [3.05, 3.63) is 0 Å². The first kappa shape index (κ1) is 11.7. The number of hydrogen-bond donors (Lipinski definition) is 1. The molecule has 1 heterocycles. The highest BCUT2D eigenvalue weighted by atomic mass is 32.2. The zero-order valence-electron chi connectivity index (χ0n) is 8.43. The lowest BCUT2D eigenvalue weighted by Gasteiger charge is -2.11. The van der Waals surface area contributed by atoms with E-state index in [9.17, 15) is 9.59 Å². The topological polar surface area (TPSA) is 82.3 Å². The zero-order chi connectivity index (χ0) is 11.4. The molecule has 1 aliphatic rings. The second-order valence-electron chi connectivity index (χ2n) is 3.09. The van der Waals surface area contributed by atoms with Crippen molar-refractivity contribution in [3.63, 3.8) is 0 Å². The third-order valence-electron chi connectivity index (χ3n) is 1.49. The van der Waals surface area contributed by atoms with Crippen LogP contribution in [0, 0.1) is 0 Å².